The lowest BCUT2D eigenvalue weighted by atomic mass is 10.3. The van der Waals surface area contributed by atoms with Crippen molar-refractivity contribution in [2.75, 3.05) is 39.3 Å². The first-order valence-electron chi connectivity index (χ1n) is 5.50. The lowest BCUT2D eigenvalue weighted by molar-refractivity contribution is -0.138. The van der Waals surface area contributed by atoms with Crippen LogP contribution in [-0.4, -0.2) is 60.1 Å². The zero-order valence-electron chi connectivity index (χ0n) is 9.19. The fourth-order valence-corrected chi connectivity index (χ4v) is 1.87. The Morgan fingerprint density at radius 1 is 1.27 bits per heavy atom. The standard InChI is InChI=1S/C11H20N2O2/c1-2-3-5-12-6-4-7-13(9-8-12)10-11(14)15/h2H,1,3-10H2,(H,14,15). The quantitative estimate of drug-likeness (QED) is 0.680. The number of hydrogen-bond donors (Lipinski definition) is 1. The van der Waals surface area contributed by atoms with Crippen molar-refractivity contribution in [2.45, 2.75) is 12.8 Å². The molecular weight excluding hydrogens is 192 g/mol. The highest BCUT2D eigenvalue weighted by atomic mass is 16.4. The molecule has 1 heterocycles. The largest absolute Gasteiger partial charge is 0.480 e. The van der Waals surface area contributed by atoms with Gasteiger partial charge in [0, 0.05) is 26.2 Å². The molecule has 0 spiro atoms. The number of aliphatic carboxylic acids is 1. The van der Waals surface area contributed by atoms with Gasteiger partial charge in [0.25, 0.3) is 0 Å². The SMILES string of the molecule is C=CCCN1CCCN(CC(=O)O)CC1. The van der Waals surface area contributed by atoms with Crippen LogP contribution in [0.3, 0.4) is 0 Å². The molecule has 1 aliphatic heterocycles. The van der Waals surface area contributed by atoms with E-state index in [2.05, 4.69) is 11.5 Å². The summed E-state index contributed by atoms with van der Waals surface area (Å²) in [7, 11) is 0. The first-order chi connectivity index (χ1) is 7.22. The van der Waals surface area contributed by atoms with Crippen molar-refractivity contribution in [1.82, 2.24) is 9.80 Å². The van der Waals surface area contributed by atoms with E-state index in [1.807, 2.05) is 11.0 Å². The topological polar surface area (TPSA) is 43.8 Å². The Kier molecular flexibility index (Phi) is 5.36. The first-order valence-corrected chi connectivity index (χ1v) is 5.50. The van der Waals surface area contributed by atoms with E-state index in [4.69, 9.17) is 5.11 Å². The van der Waals surface area contributed by atoms with Crippen LogP contribution in [-0.2, 0) is 4.79 Å². The van der Waals surface area contributed by atoms with Gasteiger partial charge in [-0.15, -0.1) is 6.58 Å². The Balaban J connectivity index is 2.28. The van der Waals surface area contributed by atoms with Crippen molar-refractivity contribution < 1.29 is 9.90 Å². The molecule has 0 amide bonds. The molecule has 0 aromatic heterocycles. The van der Waals surface area contributed by atoms with Crippen LogP contribution in [0.2, 0.25) is 0 Å². The molecule has 1 fully saturated rings. The molecule has 1 rings (SSSR count). The van der Waals surface area contributed by atoms with Crippen molar-refractivity contribution in [3.8, 4) is 0 Å². The summed E-state index contributed by atoms with van der Waals surface area (Å²) in [5, 5.41) is 8.70. The fourth-order valence-electron chi connectivity index (χ4n) is 1.87. The maximum absolute atomic E-state index is 10.6. The van der Waals surface area contributed by atoms with Gasteiger partial charge in [-0.05, 0) is 19.4 Å². The summed E-state index contributed by atoms with van der Waals surface area (Å²) in [5.74, 6) is -0.727. The Bertz CT molecular complexity index is 219. The maximum Gasteiger partial charge on any atom is 0.317 e. The van der Waals surface area contributed by atoms with Crippen LogP contribution in [0.25, 0.3) is 0 Å². The third-order valence-corrected chi connectivity index (χ3v) is 2.69. The summed E-state index contributed by atoms with van der Waals surface area (Å²) in [6.45, 7) is 8.74. The predicted molar refractivity (Wildman–Crippen MR) is 59.9 cm³/mol. The van der Waals surface area contributed by atoms with Crippen LogP contribution in [0, 0.1) is 0 Å². The van der Waals surface area contributed by atoms with Crippen molar-refractivity contribution in [1.29, 1.82) is 0 Å². The summed E-state index contributed by atoms with van der Waals surface area (Å²) in [5.41, 5.74) is 0. The van der Waals surface area contributed by atoms with Gasteiger partial charge in [0.15, 0.2) is 0 Å². The molecular formula is C11H20N2O2. The normalized spacial score (nSPS) is 19.7. The van der Waals surface area contributed by atoms with Gasteiger partial charge < -0.3 is 10.0 Å². The van der Waals surface area contributed by atoms with Gasteiger partial charge in [0.1, 0.15) is 0 Å². The molecule has 0 atom stereocenters. The minimum absolute atomic E-state index is 0.176. The van der Waals surface area contributed by atoms with Crippen molar-refractivity contribution in [2.24, 2.45) is 0 Å². The van der Waals surface area contributed by atoms with Crippen LogP contribution < -0.4 is 0 Å². The highest BCUT2D eigenvalue weighted by molar-refractivity contribution is 5.69. The van der Waals surface area contributed by atoms with Gasteiger partial charge in [-0.1, -0.05) is 6.08 Å². The van der Waals surface area contributed by atoms with E-state index in [0.29, 0.717) is 0 Å². The van der Waals surface area contributed by atoms with Crippen LogP contribution in [0.15, 0.2) is 12.7 Å². The second-order valence-electron chi connectivity index (χ2n) is 3.94. The maximum atomic E-state index is 10.6. The smallest absolute Gasteiger partial charge is 0.317 e. The molecule has 1 aliphatic rings. The van der Waals surface area contributed by atoms with Crippen LogP contribution >= 0.6 is 0 Å². The molecule has 0 aliphatic carbocycles. The second kappa shape index (κ2) is 6.58. The average molecular weight is 212 g/mol. The molecule has 0 unspecified atom stereocenters. The summed E-state index contributed by atoms with van der Waals surface area (Å²) in [4.78, 5) is 15.0. The Morgan fingerprint density at radius 3 is 2.60 bits per heavy atom. The number of carboxylic acid groups (broad SMARTS) is 1. The van der Waals surface area contributed by atoms with Crippen molar-refractivity contribution in [3.05, 3.63) is 12.7 Å². The Morgan fingerprint density at radius 2 is 1.93 bits per heavy atom. The van der Waals surface area contributed by atoms with Crippen LogP contribution in [0.4, 0.5) is 0 Å². The highest BCUT2D eigenvalue weighted by Crippen LogP contribution is 2.03. The molecule has 0 aromatic rings. The number of hydrogen-bond acceptors (Lipinski definition) is 3. The van der Waals surface area contributed by atoms with Crippen LogP contribution in [0.5, 0.6) is 0 Å². The fraction of sp³-hybridized carbons (Fsp3) is 0.727. The van der Waals surface area contributed by atoms with E-state index in [1.165, 1.54) is 0 Å². The number of rotatable bonds is 5. The third-order valence-electron chi connectivity index (χ3n) is 2.69. The zero-order chi connectivity index (χ0) is 11.1. The van der Waals surface area contributed by atoms with Gasteiger partial charge in [-0.25, -0.2) is 0 Å². The van der Waals surface area contributed by atoms with E-state index < -0.39 is 5.97 Å². The van der Waals surface area contributed by atoms with E-state index in [1.54, 1.807) is 0 Å². The van der Waals surface area contributed by atoms with E-state index >= 15 is 0 Å². The van der Waals surface area contributed by atoms with Gasteiger partial charge in [-0.2, -0.15) is 0 Å². The Hall–Kier alpha value is -0.870. The number of nitrogens with zero attached hydrogens (tertiary/aromatic N) is 2. The van der Waals surface area contributed by atoms with E-state index in [0.717, 1.165) is 45.6 Å². The zero-order valence-corrected chi connectivity index (χ0v) is 9.19. The van der Waals surface area contributed by atoms with Gasteiger partial charge in [-0.3, -0.25) is 9.69 Å². The molecule has 4 nitrogen and oxygen atoms in total. The number of carbonyl (C=O) groups is 1. The van der Waals surface area contributed by atoms with Crippen molar-refractivity contribution in [3.63, 3.8) is 0 Å². The predicted octanol–water partition coefficient (Wildman–Crippen LogP) is 0.655. The molecule has 0 saturated carbocycles. The molecule has 0 bridgehead atoms. The summed E-state index contributed by atoms with van der Waals surface area (Å²) >= 11 is 0. The first kappa shape index (κ1) is 12.2. The third kappa shape index (κ3) is 4.95. The van der Waals surface area contributed by atoms with E-state index in [-0.39, 0.29) is 6.54 Å². The van der Waals surface area contributed by atoms with Crippen molar-refractivity contribution >= 4 is 5.97 Å². The second-order valence-corrected chi connectivity index (χ2v) is 3.94. The minimum atomic E-state index is -0.727. The van der Waals surface area contributed by atoms with E-state index in [9.17, 15) is 4.79 Å². The Labute approximate surface area is 91.2 Å². The summed E-state index contributed by atoms with van der Waals surface area (Å²) in [6, 6.07) is 0. The lowest BCUT2D eigenvalue weighted by Gasteiger charge is -2.19. The summed E-state index contributed by atoms with van der Waals surface area (Å²) < 4.78 is 0. The minimum Gasteiger partial charge on any atom is -0.480 e. The number of carboxylic acids is 1. The van der Waals surface area contributed by atoms with Gasteiger partial charge in [0.05, 0.1) is 6.54 Å². The summed E-state index contributed by atoms with van der Waals surface area (Å²) in [6.07, 6.45) is 4.00. The molecule has 0 aromatic carbocycles. The van der Waals surface area contributed by atoms with Gasteiger partial charge in [0.2, 0.25) is 0 Å². The monoisotopic (exact) mass is 212 g/mol. The van der Waals surface area contributed by atoms with Gasteiger partial charge >= 0.3 is 5.97 Å². The molecule has 0 radical (unpaired) electrons. The average Bonchev–Trinajstić information content (AvgIpc) is 2.40. The molecule has 4 heteroatoms. The van der Waals surface area contributed by atoms with Crippen LogP contribution in [0.1, 0.15) is 12.8 Å². The highest BCUT2D eigenvalue weighted by Gasteiger charge is 2.15. The molecule has 1 saturated heterocycles. The molecule has 86 valence electrons. The molecule has 1 N–H and O–H groups in total. The molecule has 15 heavy (non-hydrogen) atoms. The lowest BCUT2D eigenvalue weighted by Crippen LogP contribution is -2.34.